The van der Waals surface area contributed by atoms with E-state index in [1.54, 1.807) is 18.4 Å². The van der Waals surface area contributed by atoms with E-state index in [-0.39, 0.29) is 17.6 Å². The van der Waals surface area contributed by atoms with Gasteiger partial charge in [-0.15, -0.1) is 11.3 Å². The molecule has 1 aromatic heterocycles. The molecule has 1 aromatic rings. The molecule has 2 nitrogen and oxygen atoms in total. The van der Waals surface area contributed by atoms with Crippen LogP contribution in [-0.4, -0.2) is 13.2 Å². The van der Waals surface area contributed by atoms with E-state index in [2.05, 4.69) is 39.8 Å². The minimum Gasteiger partial charge on any atom is -0.379 e. The molecule has 1 rings (SSSR count). The second kappa shape index (κ2) is 4.64. The normalized spacial score (nSPS) is 16.4. The minimum atomic E-state index is -0.0336. The first-order chi connectivity index (χ1) is 6.86. The zero-order valence-corrected chi connectivity index (χ0v) is 11.0. The van der Waals surface area contributed by atoms with Crippen molar-refractivity contribution in [1.29, 1.82) is 0 Å². The van der Waals surface area contributed by atoms with E-state index in [4.69, 9.17) is 10.5 Å². The van der Waals surface area contributed by atoms with Gasteiger partial charge < -0.3 is 10.5 Å². The largest absolute Gasteiger partial charge is 0.379 e. The molecule has 15 heavy (non-hydrogen) atoms. The van der Waals surface area contributed by atoms with E-state index < -0.39 is 0 Å². The van der Waals surface area contributed by atoms with Gasteiger partial charge in [-0.2, -0.15) is 0 Å². The maximum Gasteiger partial charge on any atom is 0.0819 e. The summed E-state index contributed by atoms with van der Waals surface area (Å²) < 4.78 is 5.52. The lowest BCUT2D eigenvalue weighted by Gasteiger charge is -2.33. The third kappa shape index (κ3) is 3.03. The molecule has 0 saturated heterocycles. The van der Waals surface area contributed by atoms with Crippen LogP contribution in [0.15, 0.2) is 12.1 Å². The van der Waals surface area contributed by atoms with Crippen LogP contribution in [0.5, 0.6) is 0 Å². The van der Waals surface area contributed by atoms with Crippen molar-refractivity contribution in [2.24, 2.45) is 11.1 Å². The number of thiophene rings is 1. The first-order valence-corrected chi connectivity index (χ1v) is 6.02. The third-order valence-electron chi connectivity index (χ3n) is 2.52. The summed E-state index contributed by atoms with van der Waals surface area (Å²) >= 11 is 1.75. The Morgan fingerprint density at radius 2 is 1.93 bits per heavy atom. The number of hydrogen-bond donors (Lipinski definition) is 1. The summed E-state index contributed by atoms with van der Waals surface area (Å²) in [5.41, 5.74) is 6.30. The number of rotatable bonds is 3. The number of ether oxygens (including phenoxy) is 1. The lowest BCUT2D eigenvalue weighted by molar-refractivity contribution is -0.00166. The molecular weight excluding hydrogens is 206 g/mol. The third-order valence-corrected chi connectivity index (χ3v) is 3.63. The maximum absolute atomic E-state index is 6.23. The SMILES string of the molecule is COC(C(N)c1ccc(C)s1)C(C)(C)C. The van der Waals surface area contributed by atoms with Crippen LogP contribution < -0.4 is 5.73 Å². The van der Waals surface area contributed by atoms with Gasteiger partial charge in [0, 0.05) is 16.9 Å². The monoisotopic (exact) mass is 227 g/mol. The zero-order chi connectivity index (χ0) is 11.6. The molecule has 2 unspecified atom stereocenters. The van der Waals surface area contributed by atoms with E-state index in [0.29, 0.717) is 0 Å². The Morgan fingerprint density at radius 3 is 2.27 bits per heavy atom. The molecule has 86 valence electrons. The van der Waals surface area contributed by atoms with Crippen molar-refractivity contribution < 1.29 is 4.74 Å². The van der Waals surface area contributed by atoms with E-state index in [9.17, 15) is 0 Å². The molecular formula is C12H21NOS. The molecule has 0 aliphatic rings. The summed E-state index contributed by atoms with van der Waals surface area (Å²) in [5.74, 6) is 0. The molecule has 0 radical (unpaired) electrons. The predicted octanol–water partition coefficient (Wildman–Crippen LogP) is 3.12. The Hall–Kier alpha value is -0.380. The van der Waals surface area contributed by atoms with Gasteiger partial charge in [-0.25, -0.2) is 0 Å². The minimum absolute atomic E-state index is 0.0336. The van der Waals surface area contributed by atoms with E-state index >= 15 is 0 Å². The van der Waals surface area contributed by atoms with Gasteiger partial charge in [0.05, 0.1) is 12.1 Å². The summed E-state index contributed by atoms with van der Waals surface area (Å²) in [4.78, 5) is 2.50. The molecule has 0 saturated carbocycles. The standard InChI is InChI=1S/C12H21NOS/c1-8-6-7-9(15-8)10(13)11(14-5)12(2,3)4/h6-7,10-11H,13H2,1-5H3. The zero-order valence-electron chi connectivity index (χ0n) is 10.2. The smallest absolute Gasteiger partial charge is 0.0819 e. The van der Waals surface area contributed by atoms with Gasteiger partial charge in [0.2, 0.25) is 0 Å². The van der Waals surface area contributed by atoms with Crippen molar-refractivity contribution in [2.45, 2.75) is 39.8 Å². The molecule has 0 amide bonds. The maximum atomic E-state index is 6.23. The number of hydrogen-bond acceptors (Lipinski definition) is 3. The van der Waals surface area contributed by atoms with Crippen molar-refractivity contribution in [1.82, 2.24) is 0 Å². The highest BCUT2D eigenvalue weighted by molar-refractivity contribution is 7.12. The van der Waals surface area contributed by atoms with Gasteiger partial charge in [0.25, 0.3) is 0 Å². The Balaban J connectivity index is 2.87. The average Bonchev–Trinajstić information content (AvgIpc) is 2.50. The van der Waals surface area contributed by atoms with E-state index in [1.165, 1.54) is 9.75 Å². The Labute approximate surface area is 96.4 Å². The fourth-order valence-corrected chi connectivity index (χ4v) is 2.72. The molecule has 0 spiro atoms. The summed E-state index contributed by atoms with van der Waals surface area (Å²) in [5, 5.41) is 0. The van der Waals surface area contributed by atoms with Crippen LogP contribution >= 0.6 is 11.3 Å². The van der Waals surface area contributed by atoms with Crippen LogP contribution in [0.4, 0.5) is 0 Å². The van der Waals surface area contributed by atoms with Gasteiger partial charge in [-0.05, 0) is 24.5 Å². The molecule has 2 atom stereocenters. The van der Waals surface area contributed by atoms with Crippen molar-refractivity contribution in [3.05, 3.63) is 21.9 Å². The van der Waals surface area contributed by atoms with E-state index in [0.717, 1.165) is 0 Å². The van der Waals surface area contributed by atoms with Crippen LogP contribution in [-0.2, 0) is 4.74 Å². The van der Waals surface area contributed by atoms with Crippen molar-refractivity contribution in [3.63, 3.8) is 0 Å². The van der Waals surface area contributed by atoms with Crippen LogP contribution in [0, 0.1) is 12.3 Å². The topological polar surface area (TPSA) is 35.2 Å². The molecule has 3 heteroatoms. The van der Waals surface area contributed by atoms with Gasteiger partial charge in [-0.1, -0.05) is 20.8 Å². The van der Waals surface area contributed by atoms with Crippen LogP contribution in [0.1, 0.15) is 36.6 Å². The van der Waals surface area contributed by atoms with Crippen molar-refractivity contribution >= 4 is 11.3 Å². The Bertz CT molecular complexity index is 314. The van der Waals surface area contributed by atoms with Gasteiger partial charge in [-0.3, -0.25) is 0 Å². The van der Waals surface area contributed by atoms with Gasteiger partial charge >= 0.3 is 0 Å². The first-order valence-electron chi connectivity index (χ1n) is 5.21. The highest BCUT2D eigenvalue weighted by Crippen LogP contribution is 2.33. The number of aryl methyl sites for hydroxylation is 1. The number of nitrogens with two attached hydrogens (primary N) is 1. The van der Waals surface area contributed by atoms with Crippen molar-refractivity contribution in [3.8, 4) is 0 Å². The molecule has 1 heterocycles. The fourth-order valence-electron chi connectivity index (χ4n) is 1.82. The second-order valence-corrected chi connectivity index (χ2v) is 6.32. The van der Waals surface area contributed by atoms with E-state index in [1.807, 2.05) is 0 Å². The first kappa shape index (κ1) is 12.7. The molecule has 0 aliphatic heterocycles. The van der Waals surface area contributed by atoms with Gasteiger partial charge in [0.15, 0.2) is 0 Å². The fraction of sp³-hybridized carbons (Fsp3) is 0.667. The summed E-state index contributed by atoms with van der Waals surface area (Å²) in [6.07, 6.45) is 0.0514. The van der Waals surface area contributed by atoms with Crippen LogP contribution in [0.2, 0.25) is 0 Å². The highest BCUT2D eigenvalue weighted by atomic mass is 32.1. The van der Waals surface area contributed by atoms with Gasteiger partial charge in [0.1, 0.15) is 0 Å². The lowest BCUT2D eigenvalue weighted by atomic mass is 9.84. The quantitative estimate of drug-likeness (QED) is 0.861. The summed E-state index contributed by atoms with van der Waals surface area (Å²) in [6.45, 7) is 8.56. The Morgan fingerprint density at radius 1 is 1.33 bits per heavy atom. The number of methoxy groups -OCH3 is 1. The molecule has 2 N–H and O–H groups in total. The highest BCUT2D eigenvalue weighted by Gasteiger charge is 2.31. The molecule has 0 aromatic carbocycles. The molecule has 0 bridgehead atoms. The molecule has 0 fully saturated rings. The van der Waals surface area contributed by atoms with Crippen molar-refractivity contribution in [2.75, 3.05) is 7.11 Å². The summed E-state index contributed by atoms with van der Waals surface area (Å²) in [6, 6.07) is 4.17. The second-order valence-electron chi connectivity index (χ2n) is 5.00. The Kier molecular flexibility index (Phi) is 3.93. The summed E-state index contributed by atoms with van der Waals surface area (Å²) in [7, 11) is 1.73. The lowest BCUT2D eigenvalue weighted by Crippen LogP contribution is -2.38. The molecule has 0 aliphatic carbocycles. The van der Waals surface area contributed by atoms with Crippen LogP contribution in [0.3, 0.4) is 0 Å². The average molecular weight is 227 g/mol. The predicted molar refractivity (Wildman–Crippen MR) is 66.2 cm³/mol. The van der Waals surface area contributed by atoms with Crippen LogP contribution in [0.25, 0.3) is 0 Å².